The predicted molar refractivity (Wildman–Crippen MR) is 118 cm³/mol. The highest BCUT2D eigenvalue weighted by molar-refractivity contribution is 5.79. The van der Waals surface area contributed by atoms with Crippen LogP contribution in [0.15, 0.2) is 97.1 Å². The fourth-order valence-corrected chi connectivity index (χ4v) is 3.23. The second-order valence-corrected chi connectivity index (χ2v) is 6.84. The average molecular weight is 386 g/mol. The van der Waals surface area contributed by atoms with Gasteiger partial charge in [-0.1, -0.05) is 103 Å². The SMILES string of the molecule is CCOC(=O)C(/C=C/c1ccccc1)N(Cc1ccccc1)Cc1ccccc1. The van der Waals surface area contributed by atoms with Crippen LogP contribution in [0.1, 0.15) is 23.6 Å². The Hall–Kier alpha value is -3.17. The standard InChI is InChI=1S/C26H27NO2/c1-2-29-26(28)25(19-18-22-12-6-3-7-13-22)27(20-23-14-8-4-9-15-23)21-24-16-10-5-11-17-24/h3-19,25H,2,20-21H2,1H3/b19-18+. The van der Waals surface area contributed by atoms with Gasteiger partial charge in [0.2, 0.25) is 0 Å². The molecule has 0 aromatic heterocycles. The van der Waals surface area contributed by atoms with Crippen LogP contribution < -0.4 is 0 Å². The Balaban J connectivity index is 1.91. The third-order valence-corrected chi connectivity index (χ3v) is 4.65. The van der Waals surface area contributed by atoms with Crippen molar-refractivity contribution in [1.29, 1.82) is 0 Å². The molecule has 0 saturated heterocycles. The summed E-state index contributed by atoms with van der Waals surface area (Å²) >= 11 is 0. The lowest BCUT2D eigenvalue weighted by molar-refractivity contribution is -0.148. The summed E-state index contributed by atoms with van der Waals surface area (Å²) in [5.74, 6) is -0.230. The summed E-state index contributed by atoms with van der Waals surface area (Å²) in [6, 6.07) is 30.0. The van der Waals surface area contributed by atoms with E-state index >= 15 is 0 Å². The van der Waals surface area contributed by atoms with Crippen molar-refractivity contribution in [2.24, 2.45) is 0 Å². The van der Waals surface area contributed by atoms with Crippen LogP contribution in [0.3, 0.4) is 0 Å². The lowest BCUT2D eigenvalue weighted by atomic mass is 10.1. The molecule has 1 atom stereocenters. The summed E-state index contributed by atoms with van der Waals surface area (Å²) in [6.45, 7) is 3.50. The van der Waals surface area contributed by atoms with Crippen LogP contribution in [-0.2, 0) is 22.6 Å². The molecule has 3 aromatic carbocycles. The highest BCUT2D eigenvalue weighted by Gasteiger charge is 2.25. The molecule has 0 saturated carbocycles. The number of rotatable bonds is 9. The Morgan fingerprint density at radius 3 is 1.79 bits per heavy atom. The van der Waals surface area contributed by atoms with E-state index in [1.807, 2.05) is 85.8 Å². The predicted octanol–water partition coefficient (Wildman–Crippen LogP) is 5.33. The molecule has 0 fully saturated rings. The first-order valence-electron chi connectivity index (χ1n) is 9.98. The van der Waals surface area contributed by atoms with Gasteiger partial charge < -0.3 is 4.74 Å². The van der Waals surface area contributed by atoms with E-state index < -0.39 is 6.04 Å². The second-order valence-electron chi connectivity index (χ2n) is 6.84. The van der Waals surface area contributed by atoms with E-state index in [2.05, 4.69) is 29.2 Å². The highest BCUT2D eigenvalue weighted by Crippen LogP contribution is 2.17. The van der Waals surface area contributed by atoms with Crippen molar-refractivity contribution in [2.75, 3.05) is 6.61 Å². The van der Waals surface area contributed by atoms with E-state index in [9.17, 15) is 4.79 Å². The zero-order valence-corrected chi connectivity index (χ0v) is 16.8. The van der Waals surface area contributed by atoms with Crippen LogP contribution in [0.2, 0.25) is 0 Å². The summed E-state index contributed by atoms with van der Waals surface area (Å²) in [6.07, 6.45) is 3.93. The molecule has 0 N–H and O–H groups in total. The van der Waals surface area contributed by atoms with Crippen LogP contribution in [-0.4, -0.2) is 23.5 Å². The average Bonchev–Trinajstić information content (AvgIpc) is 2.76. The van der Waals surface area contributed by atoms with Crippen LogP contribution in [0, 0.1) is 0 Å². The molecule has 0 aliphatic rings. The van der Waals surface area contributed by atoms with Gasteiger partial charge in [-0.2, -0.15) is 0 Å². The molecular formula is C26H27NO2. The molecular weight excluding hydrogens is 358 g/mol. The van der Waals surface area contributed by atoms with Gasteiger partial charge in [0.1, 0.15) is 6.04 Å². The largest absolute Gasteiger partial charge is 0.465 e. The third-order valence-electron chi connectivity index (χ3n) is 4.65. The molecule has 0 radical (unpaired) electrons. The van der Waals surface area contributed by atoms with E-state index in [4.69, 9.17) is 4.74 Å². The van der Waals surface area contributed by atoms with Crippen molar-refractivity contribution in [3.63, 3.8) is 0 Å². The molecule has 0 aliphatic carbocycles. The van der Waals surface area contributed by atoms with Gasteiger partial charge in [-0.15, -0.1) is 0 Å². The van der Waals surface area contributed by atoms with Crippen molar-refractivity contribution in [1.82, 2.24) is 4.90 Å². The van der Waals surface area contributed by atoms with Gasteiger partial charge in [-0.3, -0.25) is 9.69 Å². The molecule has 148 valence electrons. The summed E-state index contributed by atoms with van der Waals surface area (Å²) in [5.41, 5.74) is 3.37. The van der Waals surface area contributed by atoms with Gasteiger partial charge in [0.25, 0.3) is 0 Å². The zero-order chi connectivity index (χ0) is 20.3. The summed E-state index contributed by atoms with van der Waals surface area (Å²) < 4.78 is 5.42. The third kappa shape index (κ3) is 6.44. The number of hydrogen-bond acceptors (Lipinski definition) is 3. The van der Waals surface area contributed by atoms with Gasteiger partial charge in [0.05, 0.1) is 6.61 Å². The van der Waals surface area contributed by atoms with Crippen LogP contribution >= 0.6 is 0 Å². The lowest BCUT2D eigenvalue weighted by Gasteiger charge is -2.28. The number of benzene rings is 3. The van der Waals surface area contributed by atoms with E-state index in [0.717, 1.165) is 16.7 Å². The fraction of sp³-hybridized carbons (Fsp3) is 0.192. The number of nitrogens with zero attached hydrogens (tertiary/aromatic N) is 1. The molecule has 3 aromatic rings. The van der Waals surface area contributed by atoms with E-state index in [-0.39, 0.29) is 5.97 Å². The van der Waals surface area contributed by atoms with E-state index in [0.29, 0.717) is 19.7 Å². The molecule has 0 spiro atoms. The monoisotopic (exact) mass is 385 g/mol. The van der Waals surface area contributed by atoms with Crippen molar-refractivity contribution < 1.29 is 9.53 Å². The van der Waals surface area contributed by atoms with E-state index in [1.165, 1.54) is 0 Å². The van der Waals surface area contributed by atoms with Gasteiger partial charge in [0.15, 0.2) is 0 Å². The Morgan fingerprint density at radius 1 is 0.828 bits per heavy atom. The smallest absolute Gasteiger partial charge is 0.327 e. The van der Waals surface area contributed by atoms with Crippen molar-refractivity contribution in [3.8, 4) is 0 Å². The maximum atomic E-state index is 12.9. The van der Waals surface area contributed by atoms with Crippen LogP contribution in [0.5, 0.6) is 0 Å². The lowest BCUT2D eigenvalue weighted by Crippen LogP contribution is -2.40. The molecule has 3 rings (SSSR count). The molecule has 3 nitrogen and oxygen atoms in total. The molecule has 0 amide bonds. The second kappa shape index (κ2) is 11.0. The maximum absolute atomic E-state index is 12.9. The van der Waals surface area contributed by atoms with Gasteiger partial charge >= 0.3 is 5.97 Å². The van der Waals surface area contributed by atoms with Gasteiger partial charge in [-0.25, -0.2) is 0 Å². The normalized spacial score (nSPS) is 12.2. The first kappa shape index (κ1) is 20.6. The molecule has 0 heterocycles. The van der Waals surface area contributed by atoms with Crippen molar-refractivity contribution in [3.05, 3.63) is 114 Å². The first-order chi connectivity index (χ1) is 14.3. The Kier molecular flexibility index (Phi) is 7.79. The highest BCUT2D eigenvalue weighted by atomic mass is 16.5. The number of esters is 1. The summed E-state index contributed by atoms with van der Waals surface area (Å²) in [5, 5.41) is 0. The number of hydrogen-bond donors (Lipinski definition) is 0. The molecule has 3 heteroatoms. The Bertz CT molecular complexity index is 850. The number of carbonyl (C=O) groups is 1. The van der Waals surface area contributed by atoms with Crippen LogP contribution in [0.4, 0.5) is 0 Å². The molecule has 0 aliphatic heterocycles. The Morgan fingerprint density at radius 2 is 1.31 bits per heavy atom. The van der Waals surface area contributed by atoms with Crippen molar-refractivity contribution in [2.45, 2.75) is 26.1 Å². The molecule has 1 unspecified atom stereocenters. The number of ether oxygens (including phenoxy) is 1. The minimum Gasteiger partial charge on any atom is -0.465 e. The minimum atomic E-state index is -0.476. The quantitative estimate of drug-likeness (QED) is 0.466. The topological polar surface area (TPSA) is 29.5 Å². The van der Waals surface area contributed by atoms with Gasteiger partial charge in [-0.05, 0) is 23.6 Å². The Labute approximate surface area is 173 Å². The molecule has 29 heavy (non-hydrogen) atoms. The zero-order valence-electron chi connectivity index (χ0n) is 16.8. The first-order valence-corrected chi connectivity index (χ1v) is 9.98. The van der Waals surface area contributed by atoms with E-state index in [1.54, 1.807) is 0 Å². The summed E-state index contributed by atoms with van der Waals surface area (Å²) in [7, 11) is 0. The summed E-state index contributed by atoms with van der Waals surface area (Å²) in [4.78, 5) is 15.0. The molecule has 0 bridgehead atoms. The van der Waals surface area contributed by atoms with Crippen LogP contribution in [0.25, 0.3) is 6.08 Å². The number of carbonyl (C=O) groups excluding carboxylic acids is 1. The fourth-order valence-electron chi connectivity index (χ4n) is 3.23. The van der Waals surface area contributed by atoms with Gasteiger partial charge in [0, 0.05) is 13.1 Å². The minimum absolute atomic E-state index is 0.230. The van der Waals surface area contributed by atoms with Crippen molar-refractivity contribution >= 4 is 12.0 Å². The maximum Gasteiger partial charge on any atom is 0.327 e.